The quantitative estimate of drug-likeness (QED) is 0.829. The van der Waals surface area contributed by atoms with E-state index in [1.165, 1.54) is 22.4 Å². The van der Waals surface area contributed by atoms with Crippen LogP contribution in [0.3, 0.4) is 0 Å². The van der Waals surface area contributed by atoms with Gasteiger partial charge in [0.1, 0.15) is 5.69 Å². The molecular formula is C15H21N4+. The zero-order chi connectivity index (χ0) is 13.6. The number of aryl methyl sites for hydroxylation is 4. The molecule has 4 nitrogen and oxygen atoms in total. The van der Waals surface area contributed by atoms with Crippen molar-refractivity contribution in [2.45, 2.75) is 39.7 Å². The lowest BCUT2D eigenvalue weighted by atomic mass is 10.1. The Morgan fingerprint density at radius 2 is 2.00 bits per heavy atom. The fourth-order valence-corrected chi connectivity index (χ4v) is 3.18. The van der Waals surface area contributed by atoms with Crippen LogP contribution in [0, 0.1) is 20.8 Å². The number of hydrogen-bond donors (Lipinski definition) is 1. The van der Waals surface area contributed by atoms with Crippen LogP contribution in [-0.2, 0) is 6.42 Å². The van der Waals surface area contributed by atoms with Crippen molar-refractivity contribution >= 4 is 0 Å². The Morgan fingerprint density at radius 1 is 1.32 bits per heavy atom. The van der Waals surface area contributed by atoms with Gasteiger partial charge in [0.15, 0.2) is 0 Å². The van der Waals surface area contributed by atoms with Gasteiger partial charge in [-0.2, -0.15) is 0 Å². The Hall–Kier alpha value is -1.68. The minimum absolute atomic E-state index is 0.412. The summed E-state index contributed by atoms with van der Waals surface area (Å²) in [5.74, 6) is 1.15. The van der Waals surface area contributed by atoms with Crippen molar-refractivity contribution in [1.82, 2.24) is 9.78 Å². The third-order valence-corrected chi connectivity index (χ3v) is 3.99. The first-order valence-electron chi connectivity index (χ1n) is 6.88. The number of hydrogen-bond acceptors (Lipinski definition) is 2. The normalized spacial score (nSPS) is 17.8. The van der Waals surface area contributed by atoms with Crippen LogP contribution in [0.15, 0.2) is 18.5 Å². The summed E-state index contributed by atoms with van der Waals surface area (Å²) < 4.78 is 4.25. The highest BCUT2D eigenvalue weighted by molar-refractivity contribution is 5.48. The maximum Gasteiger partial charge on any atom is 0.278 e. The summed E-state index contributed by atoms with van der Waals surface area (Å²) in [6.45, 7) is 7.11. The maximum absolute atomic E-state index is 5.82. The molecule has 0 amide bonds. The molecule has 0 saturated heterocycles. The number of aromatic nitrogens is 3. The monoisotopic (exact) mass is 257 g/mol. The molecule has 0 spiro atoms. The minimum atomic E-state index is 0.412. The van der Waals surface area contributed by atoms with Crippen molar-refractivity contribution in [1.29, 1.82) is 0 Å². The Morgan fingerprint density at radius 3 is 2.63 bits per heavy atom. The molecule has 0 fully saturated rings. The first-order valence-corrected chi connectivity index (χ1v) is 6.88. The number of nitrogens with zero attached hydrogens (tertiary/aromatic N) is 3. The molecule has 3 rings (SSSR count). The van der Waals surface area contributed by atoms with E-state index in [1.54, 1.807) is 0 Å². The van der Waals surface area contributed by atoms with E-state index in [-0.39, 0.29) is 0 Å². The highest BCUT2D eigenvalue weighted by atomic mass is 15.4. The molecule has 19 heavy (non-hydrogen) atoms. The smallest absolute Gasteiger partial charge is 0.278 e. The lowest BCUT2D eigenvalue weighted by Crippen LogP contribution is -2.40. The van der Waals surface area contributed by atoms with E-state index in [9.17, 15) is 0 Å². The Bertz CT molecular complexity index is 604. The van der Waals surface area contributed by atoms with Crippen LogP contribution in [0.25, 0.3) is 5.69 Å². The lowest BCUT2D eigenvalue weighted by molar-refractivity contribution is -0.714. The Balaban J connectivity index is 2.10. The summed E-state index contributed by atoms with van der Waals surface area (Å²) in [6, 6.07) is 4.83. The summed E-state index contributed by atoms with van der Waals surface area (Å²) in [6.07, 6.45) is 4.24. The van der Waals surface area contributed by atoms with Gasteiger partial charge in [0.2, 0.25) is 6.33 Å². The van der Waals surface area contributed by atoms with Gasteiger partial charge in [0.25, 0.3) is 5.82 Å². The van der Waals surface area contributed by atoms with Gasteiger partial charge in [-0.25, -0.2) is 4.57 Å². The zero-order valence-electron chi connectivity index (χ0n) is 11.8. The molecule has 0 bridgehead atoms. The van der Waals surface area contributed by atoms with Crippen molar-refractivity contribution in [3.05, 3.63) is 41.0 Å². The van der Waals surface area contributed by atoms with Crippen LogP contribution in [0.2, 0.25) is 0 Å². The second-order valence-electron chi connectivity index (χ2n) is 5.56. The van der Waals surface area contributed by atoms with Crippen molar-refractivity contribution < 1.29 is 4.57 Å². The molecule has 1 aromatic carbocycles. The highest BCUT2D eigenvalue weighted by Gasteiger charge is 2.31. The summed E-state index contributed by atoms with van der Waals surface area (Å²) in [5, 5.41) is 4.73. The number of benzene rings is 1. The van der Waals surface area contributed by atoms with Gasteiger partial charge in [-0.05, 0) is 38.3 Å². The molecule has 1 aliphatic rings. The lowest BCUT2D eigenvalue weighted by Gasteiger charge is -2.07. The topological polar surface area (TPSA) is 47.7 Å². The molecule has 1 atom stereocenters. The largest absolute Gasteiger partial charge is 0.327 e. The van der Waals surface area contributed by atoms with Crippen molar-refractivity contribution in [2.75, 3.05) is 6.54 Å². The Labute approximate surface area is 113 Å². The Kier molecular flexibility index (Phi) is 2.90. The fourth-order valence-electron chi connectivity index (χ4n) is 3.18. The maximum atomic E-state index is 5.82. The van der Waals surface area contributed by atoms with Crippen molar-refractivity contribution in [3.8, 4) is 5.69 Å². The first kappa shape index (κ1) is 12.4. The second-order valence-corrected chi connectivity index (χ2v) is 5.56. The van der Waals surface area contributed by atoms with Crippen molar-refractivity contribution in [3.63, 3.8) is 0 Å². The van der Waals surface area contributed by atoms with Gasteiger partial charge in [0.05, 0.1) is 6.04 Å². The molecule has 4 heteroatoms. The van der Waals surface area contributed by atoms with E-state index < -0.39 is 0 Å². The first-order chi connectivity index (χ1) is 9.10. The van der Waals surface area contributed by atoms with Gasteiger partial charge in [-0.1, -0.05) is 22.4 Å². The SMILES string of the molecule is Cc1cc(C)c(-n2c[n+]3c(n2)CC[C@H]3CN)c(C)c1. The molecule has 0 aliphatic carbocycles. The molecule has 0 saturated carbocycles. The predicted molar refractivity (Wildman–Crippen MR) is 74.4 cm³/mol. The van der Waals surface area contributed by atoms with Crippen LogP contribution in [0.5, 0.6) is 0 Å². The molecule has 2 aromatic rings. The molecule has 1 aromatic heterocycles. The second kappa shape index (κ2) is 4.46. The standard InChI is InChI=1S/C15H21N4/c1-10-6-11(2)15(12(3)7-10)19-9-18-13(8-16)4-5-14(18)17-19/h6-7,9,13H,4-5,8,16H2,1-3H3/q+1/t13-/m0/s1. The molecule has 0 unspecified atom stereocenters. The van der Waals surface area contributed by atoms with Gasteiger partial charge in [-0.3, -0.25) is 0 Å². The summed E-state index contributed by atoms with van der Waals surface area (Å²) in [5.41, 5.74) is 10.8. The van der Waals surface area contributed by atoms with Crippen LogP contribution in [0.4, 0.5) is 0 Å². The predicted octanol–water partition coefficient (Wildman–Crippen LogP) is 1.53. The van der Waals surface area contributed by atoms with E-state index in [4.69, 9.17) is 10.8 Å². The average Bonchev–Trinajstić information content (AvgIpc) is 2.86. The summed E-state index contributed by atoms with van der Waals surface area (Å²) in [4.78, 5) is 0. The summed E-state index contributed by atoms with van der Waals surface area (Å²) in [7, 11) is 0. The fraction of sp³-hybridized carbons (Fsp3) is 0.467. The number of nitrogens with two attached hydrogens (primary N) is 1. The summed E-state index contributed by atoms with van der Waals surface area (Å²) >= 11 is 0. The average molecular weight is 257 g/mol. The third-order valence-electron chi connectivity index (χ3n) is 3.99. The zero-order valence-corrected chi connectivity index (χ0v) is 11.8. The minimum Gasteiger partial charge on any atom is -0.327 e. The van der Waals surface area contributed by atoms with E-state index in [0.717, 1.165) is 18.7 Å². The van der Waals surface area contributed by atoms with E-state index in [2.05, 4.69) is 43.8 Å². The van der Waals surface area contributed by atoms with Crippen LogP contribution in [0.1, 0.15) is 35.0 Å². The van der Waals surface area contributed by atoms with Gasteiger partial charge < -0.3 is 5.73 Å². The molecule has 1 aliphatic heterocycles. The van der Waals surface area contributed by atoms with Crippen molar-refractivity contribution in [2.24, 2.45) is 5.73 Å². The molecular weight excluding hydrogens is 236 g/mol. The molecule has 100 valence electrons. The third kappa shape index (κ3) is 1.96. The molecule has 0 radical (unpaired) electrons. The molecule has 2 heterocycles. The van der Waals surface area contributed by atoms with Crippen LogP contribution in [-0.4, -0.2) is 16.3 Å². The van der Waals surface area contributed by atoms with Gasteiger partial charge in [0, 0.05) is 18.1 Å². The van der Waals surface area contributed by atoms with Crippen LogP contribution >= 0.6 is 0 Å². The van der Waals surface area contributed by atoms with E-state index in [1.807, 2.05) is 4.68 Å². The number of fused-ring (bicyclic) bond motifs is 1. The number of rotatable bonds is 2. The van der Waals surface area contributed by atoms with E-state index >= 15 is 0 Å². The van der Waals surface area contributed by atoms with E-state index in [0.29, 0.717) is 12.6 Å². The van der Waals surface area contributed by atoms with Gasteiger partial charge in [-0.15, -0.1) is 0 Å². The highest BCUT2D eigenvalue weighted by Crippen LogP contribution is 2.22. The van der Waals surface area contributed by atoms with Gasteiger partial charge >= 0.3 is 0 Å². The molecule has 2 N–H and O–H groups in total. The van der Waals surface area contributed by atoms with Crippen LogP contribution < -0.4 is 10.3 Å².